The van der Waals surface area contributed by atoms with E-state index in [-0.39, 0.29) is 5.69 Å². The van der Waals surface area contributed by atoms with Gasteiger partial charge in [-0.3, -0.25) is 4.79 Å². The third-order valence-corrected chi connectivity index (χ3v) is 4.25. The van der Waals surface area contributed by atoms with Crippen LogP contribution in [0.25, 0.3) is 5.69 Å². The van der Waals surface area contributed by atoms with Gasteiger partial charge in [0.25, 0.3) is 0 Å². The summed E-state index contributed by atoms with van der Waals surface area (Å²) in [6.07, 6.45) is -2.91. The lowest BCUT2D eigenvalue weighted by Crippen LogP contribution is -2.31. The molecule has 3 rings (SSSR count). The number of rotatable bonds is 4. The number of alkyl halides is 3. The Morgan fingerprint density at radius 1 is 1.23 bits per heavy atom. The van der Waals surface area contributed by atoms with E-state index in [4.69, 9.17) is 0 Å². The van der Waals surface area contributed by atoms with Gasteiger partial charge in [-0.15, -0.1) is 0 Å². The maximum atomic E-state index is 13.5. The van der Waals surface area contributed by atoms with Crippen LogP contribution in [0.2, 0.25) is 0 Å². The first kappa shape index (κ1) is 18.3. The highest BCUT2D eigenvalue weighted by Crippen LogP contribution is 2.31. The van der Waals surface area contributed by atoms with Gasteiger partial charge in [0, 0.05) is 23.7 Å². The number of nitrogens with zero attached hydrogens (tertiary/aromatic N) is 2. The molecule has 0 radical (unpaired) electrons. The number of hydrogen-bond donors (Lipinski definition) is 1. The first-order chi connectivity index (χ1) is 12.2. The SMILES string of the molecule is O=C(CCC(F)(F)F)N[C@@H]1CCCc2c1cnn2-c1cc(F)cc(F)c1. The van der Waals surface area contributed by atoms with E-state index in [1.807, 2.05) is 0 Å². The molecule has 1 aromatic heterocycles. The fourth-order valence-corrected chi connectivity index (χ4v) is 3.11. The first-order valence-electron chi connectivity index (χ1n) is 8.12. The zero-order valence-corrected chi connectivity index (χ0v) is 13.6. The zero-order valence-electron chi connectivity index (χ0n) is 13.6. The molecule has 0 aliphatic heterocycles. The molecule has 9 heteroatoms. The van der Waals surface area contributed by atoms with Gasteiger partial charge in [-0.1, -0.05) is 0 Å². The van der Waals surface area contributed by atoms with Crippen LogP contribution < -0.4 is 5.32 Å². The van der Waals surface area contributed by atoms with E-state index in [0.717, 1.165) is 18.2 Å². The molecule has 0 spiro atoms. The number of fused-ring (bicyclic) bond motifs is 1. The predicted octanol–water partition coefficient (Wildman–Crippen LogP) is 3.99. The Bertz CT molecular complexity index is 795. The van der Waals surface area contributed by atoms with E-state index in [1.54, 1.807) is 0 Å². The number of amides is 1. The summed E-state index contributed by atoms with van der Waals surface area (Å²) < 4.78 is 65.0. The van der Waals surface area contributed by atoms with Crippen molar-refractivity contribution >= 4 is 5.91 Å². The minimum absolute atomic E-state index is 0.216. The van der Waals surface area contributed by atoms with Crippen molar-refractivity contribution in [3.63, 3.8) is 0 Å². The molecule has 0 bridgehead atoms. The maximum Gasteiger partial charge on any atom is 0.389 e. The van der Waals surface area contributed by atoms with Crippen LogP contribution >= 0.6 is 0 Å². The highest BCUT2D eigenvalue weighted by atomic mass is 19.4. The average Bonchev–Trinajstić information content (AvgIpc) is 2.96. The summed E-state index contributed by atoms with van der Waals surface area (Å²) in [6, 6.07) is 2.57. The summed E-state index contributed by atoms with van der Waals surface area (Å²) >= 11 is 0. The summed E-state index contributed by atoms with van der Waals surface area (Å²) in [5.41, 5.74) is 1.55. The summed E-state index contributed by atoms with van der Waals surface area (Å²) in [4.78, 5) is 11.8. The Morgan fingerprint density at radius 3 is 2.58 bits per heavy atom. The second-order valence-electron chi connectivity index (χ2n) is 6.21. The molecular weight excluding hydrogens is 357 g/mol. The monoisotopic (exact) mass is 373 g/mol. The molecule has 0 unspecified atom stereocenters. The summed E-state index contributed by atoms with van der Waals surface area (Å²) in [7, 11) is 0. The molecule has 0 saturated heterocycles. The highest BCUT2D eigenvalue weighted by Gasteiger charge is 2.30. The summed E-state index contributed by atoms with van der Waals surface area (Å²) in [5.74, 6) is -2.17. The molecule has 2 aromatic rings. The minimum Gasteiger partial charge on any atom is -0.349 e. The standard InChI is InChI=1S/C17H16F5N3O/c18-10-6-11(19)8-12(7-10)25-15-3-1-2-14(13(15)9-23-25)24-16(26)4-5-17(20,21)22/h6-9,14H,1-5H2,(H,24,26)/t14-/m1/s1. The van der Waals surface area contributed by atoms with E-state index in [9.17, 15) is 26.7 Å². The van der Waals surface area contributed by atoms with Crippen LogP contribution in [0, 0.1) is 11.6 Å². The molecule has 0 saturated carbocycles. The Kier molecular flexibility index (Phi) is 4.97. The van der Waals surface area contributed by atoms with Crippen molar-refractivity contribution in [2.45, 2.75) is 44.3 Å². The Balaban J connectivity index is 1.79. The van der Waals surface area contributed by atoms with Crippen molar-refractivity contribution in [1.29, 1.82) is 0 Å². The summed E-state index contributed by atoms with van der Waals surface area (Å²) in [5, 5.41) is 6.74. The Hall–Kier alpha value is -2.45. The molecule has 140 valence electrons. The van der Waals surface area contributed by atoms with Crippen molar-refractivity contribution in [3.8, 4) is 5.69 Å². The molecule has 1 aliphatic carbocycles. The number of aromatic nitrogens is 2. The van der Waals surface area contributed by atoms with Gasteiger partial charge < -0.3 is 5.32 Å². The van der Waals surface area contributed by atoms with Gasteiger partial charge in [-0.05, 0) is 31.4 Å². The molecule has 1 N–H and O–H groups in total. The molecule has 4 nitrogen and oxygen atoms in total. The van der Waals surface area contributed by atoms with E-state index < -0.39 is 42.6 Å². The lowest BCUT2D eigenvalue weighted by molar-refractivity contribution is -0.144. The number of nitrogens with one attached hydrogen (secondary N) is 1. The number of benzene rings is 1. The van der Waals surface area contributed by atoms with Gasteiger partial charge in [-0.2, -0.15) is 18.3 Å². The fourth-order valence-electron chi connectivity index (χ4n) is 3.11. The number of carbonyl (C=O) groups is 1. The second-order valence-corrected chi connectivity index (χ2v) is 6.21. The van der Waals surface area contributed by atoms with Crippen LogP contribution in [0.4, 0.5) is 22.0 Å². The van der Waals surface area contributed by atoms with Crippen LogP contribution in [0.3, 0.4) is 0 Å². The molecule has 26 heavy (non-hydrogen) atoms. The zero-order chi connectivity index (χ0) is 18.9. The van der Waals surface area contributed by atoms with Crippen LogP contribution in [-0.4, -0.2) is 21.9 Å². The van der Waals surface area contributed by atoms with E-state index >= 15 is 0 Å². The largest absolute Gasteiger partial charge is 0.389 e. The lowest BCUT2D eigenvalue weighted by atomic mass is 9.92. The van der Waals surface area contributed by atoms with E-state index in [1.165, 1.54) is 10.9 Å². The van der Waals surface area contributed by atoms with Crippen LogP contribution in [-0.2, 0) is 11.2 Å². The van der Waals surface area contributed by atoms with Gasteiger partial charge in [-0.25, -0.2) is 13.5 Å². The normalized spacial score (nSPS) is 17.0. The smallest absolute Gasteiger partial charge is 0.349 e. The van der Waals surface area contributed by atoms with Crippen molar-refractivity contribution in [2.24, 2.45) is 0 Å². The van der Waals surface area contributed by atoms with Crippen molar-refractivity contribution in [1.82, 2.24) is 15.1 Å². The maximum absolute atomic E-state index is 13.5. The van der Waals surface area contributed by atoms with Crippen molar-refractivity contribution in [2.75, 3.05) is 0 Å². The Morgan fingerprint density at radius 2 is 1.92 bits per heavy atom. The van der Waals surface area contributed by atoms with Gasteiger partial charge >= 0.3 is 6.18 Å². The van der Waals surface area contributed by atoms with Crippen molar-refractivity contribution in [3.05, 3.63) is 47.3 Å². The molecule has 0 fully saturated rings. The van der Waals surface area contributed by atoms with Crippen LogP contribution in [0.1, 0.15) is 43.0 Å². The topological polar surface area (TPSA) is 46.9 Å². The van der Waals surface area contributed by atoms with E-state index in [2.05, 4.69) is 10.4 Å². The fraction of sp³-hybridized carbons (Fsp3) is 0.412. The molecule has 1 aromatic carbocycles. The molecule has 1 heterocycles. The van der Waals surface area contributed by atoms with Gasteiger partial charge in [0.1, 0.15) is 11.6 Å². The molecular formula is C17H16F5N3O. The summed E-state index contributed by atoms with van der Waals surface area (Å²) in [6.45, 7) is 0. The van der Waals surface area contributed by atoms with Crippen molar-refractivity contribution < 1.29 is 26.7 Å². The second kappa shape index (κ2) is 7.05. The van der Waals surface area contributed by atoms with Crippen LogP contribution in [0.15, 0.2) is 24.4 Å². The number of carbonyl (C=O) groups excluding carboxylic acids is 1. The third kappa shape index (κ3) is 4.20. The molecule has 1 atom stereocenters. The third-order valence-electron chi connectivity index (χ3n) is 4.25. The molecule has 1 aliphatic rings. The van der Waals surface area contributed by atoms with E-state index in [0.29, 0.717) is 30.5 Å². The lowest BCUT2D eigenvalue weighted by Gasteiger charge is -2.24. The highest BCUT2D eigenvalue weighted by molar-refractivity contribution is 5.76. The predicted molar refractivity (Wildman–Crippen MR) is 82.6 cm³/mol. The molecule has 1 amide bonds. The number of halogens is 5. The minimum atomic E-state index is -4.39. The first-order valence-corrected chi connectivity index (χ1v) is 8.12. The van der Waals surface area contributed by atoms with Gasteiger partial charge in [0.05, 0.1) is 24.3 Å². The van der Waals surface area contributed by atoms with Gasteiger partial charge in [0.2, 0.25) is 5.91 Å². The van der Waals surface area contributed by atoms with Gasteiger partial charge in [0.15, 0.2) is 0 Å². The average molecular weight is 373 g/mol. The van der Waals surface area contributed by atoms with Crippen LogP contribution in [0.5, 0.6) is 0 Å². The Labute approximate surface area is 146 Å². The number of hydrogen-bond acceptors (Lipinski definition) is 2. The quantitative estimate of drug-likeness (QED) is 0.824.